The first-order valence-corrected chi connectivity index (χ1v) is 11.8. The van der Waals surface area contributed by atoms with Crippen LogP contribution in [0.15, 0.2) is 42.6 Å². The summed E-state index contributed by atoms with van der Waals surface area (Å²) in [5.41, 5.74) is 2.16. The number of rotatable bonds is 4. The molecule has 1 saturated heterocycles. The molecule has 1 aromatic carbocycles. The van der Waals surface area contributed by atoms with Crippen LogP contribution in [-0.4, -0.2) is 57.5 Å². The number of alkyl halides is 3. The maximum atomic E-state index is 10.6. The number of imidazole rings is 1. The van der Waals surface area contributed by atoms with Gasteiger partial charge in [0.25, 0.3) is 0 Å². The highest BCUT2D eigenvalue weighted by molar-refractivity contribution is 7.11. The number of carbonyl (C=O) groups is 1. The number of methoxy groups -OCH3 is 1. The molecule has 11 heteroatoms. The van der Waals surface area contributed by atoms with E-state index in [9.17, 15) is 13.2 Å². The average Bonchev–Trinajstić information content (AvgIpc) is 3.53. The monoisotopic (exact) mass is 509 g/mol. The molecule has 2 aromatic heterocycles. The van der Waals surface area contributed by atoms with Gasteiger partial charge in [-0.3, -0.25) is 4.90 Å². The van der Waals surface area contributed by atoms with Gasteiger partial charge in [0.05, 0.1) is 25.5 Å². The van der Waals surface area contributed by atoms with Crippen LogP contribution in [0.4, 0.5) is 13.2 Å². The van der Waals surface area contributed by atoms with Crippen LogP contribution >= 0.6 is 11.3 Å². The molecule has 0 amide bonds. The number of hydrogen-bond donors (Lipinski definition) is 1. The Kier molecular flexibility index (Phi) is 7.20. The van der Waals surface area contributed by atoms with Gasteiger partial charge in [-0.15, -0.1) is 11.3 Å². The summed E-state index contributed by atoms with van der Waals surface area (Å²) in [5.74, 6) is -0.878. The third kappa shape index (κ3) is 5.85. The summed E-state index contributed by atoms with van der Waals surface area (Å²) in [4.78, 5) is 18.9. The summed E-state index contributed by atoms with van der Waals surface area (Å²) in [6.45, 7) is 6.67. The molecule has 1 fully saturated rings. The number of thiophene rings is 1. The fraction of sp³-hybridized carbons (Fsp3) is 0.417. The minimum absolute atomic E-state index is 0.117. The first kappa shape index (κ1) is 25.2. The minimum atomic E-state index is -5.08. The maximum Gasteiger partial charge on any atom is 0.490 e. The number of ether oxygens (including phenoxy) is 2. The van der Waals surface area contributed by atoms with Gasteiger partial charge in [-0.25, -0.2) is 9.78 Å². The van der Waals surface area contributed by atoms with E-state index in [1.807, 2.05) is 29.7 Å². The molecule has 0 radical (unpaired) electrons. The average molecular weight is 510 g/mol. The van der Waals surface area contributed by atoms with Crippen molar-refractivity contribution in [2.24, 2.45) is 0 Å². The number of nitrogens with zero attached hydrogens (tertiary/aromatic N) is 3. The summed E-state index contributed by atoms with van der Waals surface area (Å²) < 4.78 is 45.9. The minimum Gasteiger partial charge on any atom is -0.497 e. The molecule has 0 bridgehead atoms. The number of hydrogen-bond acceptors (Lipinski definition) is 6. The van der Waals surface area contributed by atoms with Crippen molar-refractivity contribution in [1.82, 2.24) is 14.5 Å². The van der Waals surface area contributed by atoms with Crippen LogP contribution < -0.4 is 4.74 Å². The van der Waals surface area contributed by atoms with E-state index in [1.54, 1.807) is 7.11 Å². The second-order valence-electron chi connectivity index (χ2n) is 8.63. The Balaban J connectivity index is 0.000000364. The van der Waals surface area contributed by atoms with Crippen molar-refractivity contribution in [3.8, 4) is 17.0 Å². The molecule has 188 valence electrons. The molecule has 4 heterocycles. The highest BCUT2D eigenvalue weighted by atomic mass is 32.1. The number of aliphatic carboxylic acids is 1. The second kappa shape index (κ2) is 10.00. The van der Waals surface area contributed by atoms with Crippen molar-refractivity contribution in [3.63, 3.8) is 0 Å². The van der Waals surface area contributed by atoms with Crippen LogP contribution in [0.3, 0.4) is 0 Å². The van der Waals surface area contributed by atoms with E-state index in [0.29, 0.717) is 6.61 Å². The van der Waals surface area contributed by atoms with Crippen molar-refractivity contribution >= 4 is 17.3 Å². The number of halogens is 3. The van der Waals surface area contributed by atoms with Gasteiger partial charge >= 0.3 is 12.1 Å². The summed E-state index contributed by atoms with van der Waals surface area (Å²) >= 11 is 1.89. The van der Waals surface area contributed by atoms with Gasteiger partial charge in [-0.2, -0.15) is 13.2 Å². The van der Waals surface area contributed by atoms with E-state index in [4.69, 9.17) is 19.4 Å². The number of carboxylic acids is 1. The van der Waals surface area contributed by atoms with Crippen molar-refractivity contribution in [2.45, 2.75) is 44.8 Å². The lowest BCUT2D eigenvalue weighted by molar-refractivity contribution is -0.192. The number of aryl methyl sites for hydroxylation is 1. The van der Waals surface area contributed by atoms with Crippen LogP contribution in [0.5, 0.6) is 5.75 Å². The largest absolute Gasteiger partial charge is 0.497 e. The molecule has 0 saturated carbocycles. The normalized spacial score (nSPS) is 19.8. The van der Waals surface area contributed by atoms with Gasteiger partial charge in [0.1, 0.15) is 23.8 Å². The van der Waals surface area contributed by atoms with Crippen LogP contribution in [-0.2, 0) is 29.2 Å². The highest BCUT2D eigenvalue weighted by Crippen LogP contribution is 2.36. The van der Waals surface area contributed by atoms with E-state index < -0.39 is 12.1 Å². The standard InChI is InChI=1S/C22H25N3O2S.C2HF3O2/c1-16-6-7-19(28-16)12-24-9-8-22(14-24)15-25-20(11-23-21(25)13-27-22)17-4-3-5-18(10-17)26-2;3-2(4,5)1(6)7/h3-7,10-11H,8-9,12-15H2,1-2H3;(H,6,7). The Morgan fingerprint density at radius 1 is 1.29 bits per heavy atom. The molecule has 2 aliphatic heterocycles. The molecule has 1 unspecified atom stereocenters. The number of likely N-dealkylation sites (tertiary alicyclic amines) is 1. The molecule has 2 aliphatic rings. The molecule has 7 nitrogen and oxygen atoms in total. The lowest BCUT2D eigenvalue weighted by atomic mass is 10.0. The van der Waals surface area contributed by atoms with Gasteiger partial charge in [0.2, 0.25) is 0 Å². The first-order chi connectivity index (χ1) is 16.6. The van der Waals surface area contributed by atoms with Gasteiger partial charge < -0.3 is 19.1 Å². The van der Waals surface area contributed by atoms with Crippen LogP contribution in [0, 0.1) is 6.92 Å². The van der Waals surface area contributed by atoms with Crippen LogP contribution in [0.1, 0.15) is 22.0 Å². The van der Waals surface area contributed by atoms with Crippen molar-refractivity contribution in [1.29, 1.82) is 0 Å². The molecular formula is C24H26F3N3O4S. The Morgan fingerprint density at radius 2 is 2.06 bits per heavy atom. The number of benzene rings is 1. The third-order valence-electron chi connectivity index (χ3n) is 6.07. The lowest BCUT2D eigenvalue weighted by Crippen LogP contribution is -2.44. The molecule has 1 spiro atoms. The van der Waals surface area contributed by atoms with Gasteiger partial charge in [0, 0.05) is 35.0 Å². The predicted molar refractivity (Wildman–Crippen MR) is 124 cm³/mol. The number of fused-ring (bicyclic) bond motifs is 1. The summed E-state index contributed by atoms with van der Waals surface area (Å²) in [5, 5.41) is 7.12. The van der Waals surface area contributed by atoms with Crippen LogP contribution in [0.2, 0.25) is 0 Å². The van der Waals surface area contributed by atoms with Gasteiger partial charge in [0.15, 0.2) is 0 Å². The summed E-state index contributed by atoms with van der Waals surface area (Å²) in [7, 11) is 1.70. The number of aromatic nitrogens is 2. The Morgan fingerprint density at radius 3 is 2.71 bits per heavy atom. The fourth-order valence-corrected chi connectivity index (χ4v) is 5.30. The SMILES string of the molecule is COc1cccc(-c2cnc3n2CC2(CCN(Cc4ccc(C)s4)C2)OC3)c1.O=C(O)C(F)(F)F. The molecule has 5 rings (SSSR count). The zero-order chi connectivity index (χ0) is 25.2. The van der Waals surface area contributed by atoms with E-state index in [2.05, 4.69) is 45.6 Å². The van der Waals surface area contributed by atoms with Crippen molar-refractivity contribution in [2.75, 3.05) is 20.2 Å². The highest BCUT2D eigenvalue weighted by Gasteiger charge is 2.43. The molecule has 1 N–H and O–H groups in total. The lowest BCUT2D eigenvalue weighted by Gasteiger charge is -2.35. The first-order valence-electron chi connectivity index (χ1n) is 11.0. The van der Waals surface area contributed by atoms with Crippen molar-refractivity contribution < 1.29 is 32.5 Å². The Labute approximate surface area is 204 Å². The zero-order valence-electron chi connectivity index (χ0n) is 19.3. The molecule has 35 heavy (non-hydrogen) atoms. The smallest absolute Gasteiger partial charge is 0.490 e. The molecule has 1 atom stereocenters. The topological polar surface area (TPSA) is 76.8 Å². The summed E-state index contributed by atoms with van der Waals surface area (Å²) in [6.07, 6.45) is -2.06. The van der Waals surface area contributed by atoms with Gasteiger partial charge in [-0.1, -0.05) is 12.1 Å². The Hall–Kier alpha value is -2.89. The summed E-state index contributed by atoms with van der Waals surface area (Å²) in [6, 6.07) is 12.7. The molecule has 3 aromatic rings. The van der Waals surface area contributed by atoms with E-state index in [0.717, 1.165) is 55.4 Å². The third-order valence-corrected chi connectivity index (χ3v) is 7.06. The zero-order valence-corrected chi connectivity index (χ0v) is 20.2. The van der Waals surface area contributed by atoms with Crippen LogP contribution in [0.25, 0.3) is 11.3 Å². The van der Waals surface area contributed by atoms with E-state index in [1.165, 1.54) is 9.75 Å². The van der Waals surface area contributed by atoms with E-state index in [-0.39, 0.29) is 5.60 Å². The molecule has 0 aliphatic carbocycles. The fourth-order valence-electron chi connectivity index (χ4n) is 4.37. The van der Waals surface area contributed by atoms with Gasteiger partial charge in [-0.05, 0) is 37.6 Å². The Bertz CT molecular complexity index is 1190. The maximum absolute atomic E-state index is 10.6. The van der Waals surface area contributed by atoms with Crippen molar-refractivity contribution in [3.05, 3.63) is 58.2 Å². The van der Waals surface area contributed by atoms with E-state index >= 15 is 0 Å². The number of carboxylic acid groups (broad SMARTS) is 1. The predicted octanol–water partition coefficient (Wildman–Crippen LogP) is 4.74. The quantitative estimate of drug-likeness (QED) is 0.548. The second-order valence-corrected chi connectivity index (χ2v) is 10.00. The molecular weight excluding hydrogens is 483 g/mol.